The number of carbonyl (C=O) groups excluding carboxylic acids is 1. The second kappa shape index (κ2) is 6.48. The predicted octanol–water partition coefficient (Wildman–Crippen LogP) is 3.61. The zero-order valence-electron chi connectivity index (χ0n) is 10.9. The lowest BCUT2D eigenvalue weighted by atomic mass is 10.3. The first-order valence-corrected chi connectivity index (χ1v) is 8.31. The summed E-state index contributed by atoms with van der Waals surface area (Å²) in [5, 5.41) is 3.22. The van der Waals surface area contributed by atoms with E-state index in [1.54, 1.807) is 11.3 Å². The van der Waals surface area contributed by atoms with Crippen molar-refractivity contribution in [3.05, 3.63) is 21.9 Å². The van der Waals surface area contributed by atoms with E-state index in [4.69, 9.17) is 0 Å². The van der Waals surface area contributed by atoms with Gasteiger partial charge in [-0.25, -0.2) is 4.79 Å². The number of thioether (sulfide) groups is 1. The maximum Gasteiger partial charge on any atom is 0.318 e. The molecule has 1 aromatic heterocycles. The maximum absolute atomic E-state index is 12.1. The van der Waals surface area contributed by atoms with Crippen molar-refractivity contribution in [1.82, 2.24) is 10.2 Å². The van der Waals surface area contributed by atoms with Gasteiger partial charge in [0.1, 0.15) is 5.37 Å². The lowest BCUT2D eigenvalue weighted by Crippen LogP contribution is -2.39. The highest BCUT2D eigenvalue weighted by Crippen LogP contribution is 2.40. The lowest BCUT2D eigenvalue weighted by molar-refractivity contribution is 0.200. The van der Waals surface area contributed by atoms with Gasteiger partial charge in [-0.15, -0.1) is 23.1 Å². The van der Waals surface area contributed by atoms with Gasteiger partial charge in [-0.3, -0.25) is 0 Å². The highest BCUT2D eigenvalue weighted by molar-refractivity contribution is 7.99. The van der Waals surface area contributed by atoms with Gasteiger partial charge in [0, 0.05) is 28.6 Å². The molecule has 5 heteroatoms. The molecule has 18 heavy (non-hydrogen) atoms. The van der Waals surface area contributed by atoms with E-state index in [1.165, 1.54) is 9.75 Å². The third kappa shape index (κ3) is 3.20. The Hall–Kier alpha value is -0.680. The van der Waals surface area contributed by atoms with Crippen molar-refractivity contribution in [2.75, 3.05) is 18.8 Å². The number of thiophene rings is 1. The van der Waals surface area contributed by atoms with Gasteiger partial charge in [-0.2, -0.15) is 0 Å². The molecule has 1 atom stereocenters. The van der Waals surface area contributed by atoms with Gasteiger partial charge in [0.25, 0.3) is 0 Å². The minimum Gasteiger partial charge on any atom is -0.338 e. The summed E-state index contributed by atoms with van der Waals surface area (Å²) >= 11 is 3.65. The normalized spacial score (nSPS) is 19.2. The summed E-state index contributed by atoms with van der Waals surface area (Å²) in [5.74, 6) is 1.03. The molecule has 1 N–H and O–H groups in total. The number of nitrogens with one attached hydrogen (secondary N) is 1. The molecule has 1 aliphatic rings. The predicted molar refractivity (Wildman–Crippen MR) is 79.3 cm³/mol. The van der Waals surface area contributed by atoms with Crippen molar-refractivity contribution in [1.29, 1.82) is 0 Å². The molecule has 0 bridgehead atoms. The molecule has 1 saturated heterocycles. The van der Waals surface area contributed by atoms with Crippen LogP contribution in [0.15, 0.2) is 12.1 Å². The lowest BCUT2D eigenvalue weighted by Gasteiger charge is -2.23. The molecular formula is C13H20N2OS2. The zero-order chi connectivity index (χ0) is 13.0. The molecule has 2 rings (SSSR count). The fourth-order valence-electron chi connectivity index (χ4n) is 1.97. The van der Waals surface area contributed by atoms with E-state index >= 15 is 0 Å². The third-order valence-corrected chi connectivity index (χ3v) is 5.41. The number of amides is 2. The standard InChI is InChI=1S/C13H20N2OS2/c1-3-4-7-14-13(16)15-8-9-17-12(15)11-6-5-10(2)18-11/h5-6,12H,3-4,7-9H2,1-2H3,(H,14,16). The van der Waals surface area contributed by atoms with Gasteiger partial charge >= 0.3 is 6.03 Å². The second-order valence-corrected chi connectivity index (χ2v) is 6.96. The number of carbonyl (C=O) groups is 1. The smallest absolute Gasteiger partial charge is 0.318 e. The average molecular weight is 284 g/mol. The third-order valence-electron chi connectivity index (χ3n) is 2.96. The van der Waals surface area contributed by atoms with Crippen molar-refractivity contribution in [3.63, 3.8) is 0 Å². The number of urea groups is 1. The van der Waals surface area contributed by atoms with E-state index in [0.29, 0.717) is 0 Å². The van der Waals surface area contributed by atoms with Crippen LogP contribution in [0.3, 0.4) is 0 Å². The maximum atomic E-state index is 12.1. The molecule has 2 heterocycles. The Bertz CT molecular complexity index is 405. The van der Waals surface area contributed by atoms with Crippen LogP contribution in [0.5, 0.6) is 0 Å². The molecule has 0 aromatic carbocycles. The minimum absolute atomic E-state index is 0.0875. The molecular weight excluding hydrogens is 264 g/mol. The molecule has 1 aliphatic heterocycles. The van der Waals surface area contributed by atoms with Gasteiger partial charge in [-0.1, -0.05) is 13.3 Å². The summed E-state index contributed by atoms with van der Waals surface area (Å²) in [4.78, 5) is 16.7. The largest absolute Gasteiger partial charge is 0.338 e. The number of rotatable bonds is 4. The molecule has 1 fully saturated rings. The fourth-order valence-corrected chi connectivity index (χ4v) is 4.34. The summed E-state index contributed by atoms with van der Waals surface area (Å²) in [6.07, 6.45) is 2.16. The van der Waals surface area contributed by atoms with E-state index in [2.05, 4.69) is 31.3 Å². The Morgan fingerprint density at radius 2 is 2.39 bits per heavy atom. The van der Waals surface area contributed by atoms with Crippen molar-refractivity contribution >= 4 is 29.1 Å². The van der Waals surface area contributed by atoms with Crippen LogP contribution in [0, 0.1) is 6.92 Å². The highest BCUT2D eigenvalue weighted by Gasteiger charge is 2.31. The van der Waals surface area contributed by atoms with E-state index in [0.717, 1.165) is 31.7 Å². The van der Waals surface area contributed by atoms with Crippen molar-refractivity contribution in [3.8, 4) is 0 Å². The molecule has 0 spiro atoms. The molecule has 100 valence electrons. The first kappa shape index (κ1) is 13.7. The van der Waals surface area contributed by atoms with Crippen LogP contribution >= 0.6 is 23.1 Å². The van der Waals surface area contributed by atoms with E-state index in [-0.39, 0.29) is 11.4 Å². The Balaban J connectivity index is 1.97. The molecule has 0 radical (unpaired) electrons. The van der Waals surface area contributed by atoms with Crippen LogP contribution in [0.4, 0.5) is 4.79 Å². The van der Waals surface area contributed by atoms with E-state index in [9.17, 15) is 4.79 Å². The van der Waals surface area contributed by atoms with Crippen molar-refractivity contribution < 1.29 is 4.79 Å². The summed E-state index contributed by atoms with van der Waals surface area (Å²) in [6, 6.07) is 4.37. The number of hydrogen-bond acceptors (Lipinski definition) is 3. The van der Waals surface area contributed by atoms with E-state index < -0.39 is 0 Å². The van der Waals surface area contributed by atoms with Gasteiger partial charge in [-0.05, 0) is 25.5 Å². The number of hydrogen-bond donors (Lipinski definition) is 1. The quantitative estimate of drug-likeness (QED) is 0.857. The van der Waals surface area contributed by atoms with Crippen molar-refractivity contribution in [2.24, 2.45) is 0 Å². The van der Waals surface area contributed by atoms with Crippen LogP contribution in [-0.4, -0.2) is 29.8 Å². The highest BCUT2D eigenvalue weighted by atomic mass is 32.2. The minimum atomic E-state index is 0.0875. The fraction of sp³-hybridized carbons (Fsp3) is 0.615. The van der Waals surface area contributed by atoms with Crippen LogP contribution in [0.1, 0.15) is 34.9 Å². The van der Waals surface area contributed by atoms with Crippen LogP contribution in [0.25, 0.3) is 0 Å². The second-order valence-electron chi connectivity index (χ2n) is 4.45. The summed E-state index contributed by atoms with van der Waals surface area (Å²) in [7, 11) is 0. The molecule has 0 aliphatic carbocycles. The van der Waals surface area contributed by atoms with Gasteiger partial charge in [0.2, 0.25) is 0 Å². The summed E-state index contributed by atoms with van der Waals surface area (Å²) in [6.45, 7) is 5.88. The molecule has 1 aromatic rings. The first-order valence-electron chi connectivity index (χ1n) is 6.44. The average Bonchev–Trinajstić information content (AvgIpc) is 2.97. The number of nitrogens with zero attached hydrogens (tertiary/aromatic N) is 1. The molecule has 3 nitrogen and oxygen atoms in total. The SMILES string of the molecule is CCCCNC(=O)N1CCSC1c1ccc(C)s1. The van der Waals surface area contributed by atoms with Crippen LogP contribution in [-0.2, 0) is 0 Å². The monoisotopic (exact) mass is 284 g/mol. The van der Waals surface area contributed by atoms with Crippen LogP contribution in [0.2, 0.25) is 0 Å². The molecule has 1 unspecified atom stereocenters. The van der Waals surface area contributed by atoms with Crippen molar-refractivity contribution in [2.45, 2.75) is 32.1 Å². The van der Waals surface area contributed by atoms with Gasteiger partial charge in [0.15, 0.2) is 0 Å². The topological polar surface area (TPSA) is 32.3 Å². The van der Waals surface area contributed by atoms with E-state index in [1.807, 2.05) is 16.7 Å². The molecule has 2 amide bonds. The Kier molecular flexibility index (Phi) is 4.95. The first-order chi connectivity index (χ1) is 8.72. The summed E-state index contributed by atoms with van der Waals surface area (Å²) < 4.78 is 0. The Morgan fingerprint density at radius 3 is 3.06 bits per heavy atom. The summed E-state index contributed by atoms with van der Waals surface area (Å²) in [5.41, 5.74) is 0. The number of aryl methyl sites for hydroxylation is 1. The number of unbranched alkanes of at least 4 members (excludes halogenated alkanes) is 1. The Labute approximate surface area is 117 Å². The van der Waals surface area contributed by atoms with Crippen LogP contribution < -0.4 is 5.32 Å². The van der Waals surface area contributed by atoms with Gasteiger partial charge in [0.05, 0.1) is 0 Å². The van der Waals surface area contributed by atoms with Gasteiger partial charge < -0.3 is 10.2 Å². The Morgan fingerprint density at radius 1 is 1.56 bits per heavy atom. The zero-order valence-corrected chi connectivity index (χ0v) is 12.6. The molecule has 0 saturated carbocycles.